The lowest BCUT2D eigenvalue weighted by Crippen LogP contribution is -2.47. The maximum Gasteiger partial charge on any atom is 0.317 e. The number of hydrogen-bond acceptors (Lipinski definition) is 4. The molecule has 2 heterocycles. The van der Waals surface area contributed by atoms with E-state index in [9.17, 15) is 4.79 Å². The summed E-state index contributed by atoms with van der Waals surface area (Å²) in [6, 6.07) is 10.1. The number of rotatable bonds is 4. The van der Waals surface area contributed by atoms with Crippen molar-refractivity contribution in [2.75, 3.05) is 45.9 Å². The highest BCUT2D eigenvalue weighted by molar-refractivity contribution is 5.74. The Morgan fingerprint density at radius 3 is 2.92 bits per heavy atom. The molecule has 0 aliphatic carbocycles. The number of benzene rings is 1. The van der Waals surface area contributed by atoms with Crippen LogP contribution in [0.4, 0.5) is 4.79 Å². The van der Waals surface area contributed by atoms with Crippen LogP contribution >= 0.6 is 0 Å². The summed E-state index contributed by atoms with van der Waals surface area (Å²) < 4.78 is 5.43. The molecule has 0 saturated carbocycles. The number of morpholine rings is 1. The molecule has 0 spiro atoms. The Kier molecular flexibility index (Phi) is 5.90. The van der Waals surface area contributed by atoms with Gasteiger partial charge in [0.2, 0.25) is 0 Å². The summed E-state index contributed by atoms with van der Waals surface area (Å²) in [6.45, 7) is 7.89. The molecule has 2 aliphatic rings. The lowest BCUT2D eigenvalue weighted by atomic mass is 10.0. The predicted molar refractivity (Wildman–Crippen MR) is 95.2 cm³/mol. The SMILES string of the molecule is CC1CN(C(=O)NCCc2cccc(C#N)c2)CC1N1CCOCC1. The number of likely N-dealkylation sites (tertiary alicyclic amines) is 1. The van der Waals surface area contributed by atoms with E-state index in [1.165, 1.54) is 0 Å². The molecule has 2 unspecified atom stereocenters. The van der Waals surface area contributed by atoms with E-state index in [-0.39, 0.29) is 6.03 Å². The van der Waals surface area contributed by atoms with Crippen molar-refractivity contribution in [2.24, 2.45) is 5.92 Å². The highest BCUT2D eigenvalue weighted by Gasteiger charge is 2.36. The number of nitriles is 1. The zero-order valence-electron chi connectivity index (χ0n) is 14.8. The second kappa shape index (κ2) is 8.32. The van der Waals surface area contributed by atoms with Gasteiger partial charge in [-0.05, 0) is 30.0 Å². The number of nitrogens with one attached hydrogen (secondary N) is 1. The van der Waals surface area contributed by atoms with E-state index >= 15 is 0 Å². The quantitative estimate of drug-likeness (QED) is 0.899. The molecule has 0 bridgehead atoms. The fourth-order valence-electron chi connectivity index (χ4n) is 3.72. The van der Waals surface area contributed by atoms with Crippen molar-refractivity contribution in [3.63, 3.8) is 0 Å². The van der Waals surface area contributed by atoms with Gasteiger partial charge in [-0.15, -0.1) is 0 Å². The van der Waals surface area contributed by atoms with Gasteiger partial charge in [-0.25, -0.2) is 4.79 Å². The highest BCUT2D eigenvalue weighted by atomic mass is 16.5. The largest absolute Gasteiger partial charge is 0.379 e. The zero-order chi connectivity index (χ0) is 17.6. The third-order valence-corrected chi connectivity index (χ3v) is 5.12. The minimum atomic E-state index is 0.0130. The number of urea groups is 1. The van der Waals surface area contributed by atoms with Crippen molar-refractivity contribution < 1.29 is 9.53 Å². The molecule has 0 aromatic heterocycles. The molecule has 25 heavy (non-hydrogen) atoms. The van der Waals surface area contributed by atoms with Crippen LogP contribution < -0.4 is 5.32 Å². The number of ether oxygens (including phenoxy) is 1. The third-order valence-electron chi connectivity index (χ3n) is 5.12. The predicted octanol–water partition coefficient (Wildman–Crippen LogP) is 1.46. The number of carbonyl (C=O) groups is 1. The normalized spacial score (nSPS) is 24.1. The van der Waals surface area contributed by atoms with E-state index in [0.717, 1.165) is 51.4 Å². The van der Waals surface area contributed by atoms with Gasteiger partial charge in [0.25, 0.3) is 0 Å². The minimum absolute atomic E-state index is 0.0130. The highest BCUT2D eigenvalue weighted by Crippen LogP contribution is 2.22. The van der Waals surface area contributed by atoms with Crippen LogP contribution in [0.5, 0.6) is 0 Å². The monoisotopic (exact) mass is 342 g/mol. The maximum atomic E-state index is 12.5. The van der Waals surface area contributed by atoms with Gasteiger partial charge >= 0.3 is 6.03 Å². The summed E-state index contributed by atoms with van der Waals surface area (Å²) in [5, 5.41) is 12.0. The molecule has 1 aromatic rings. The first-order valence-corrected chi connectivity index (χ1v) is 9.01. The van der Waals surface area contributed by atoms with Crippen LogP contribution in [0.2, 0.25) is 0 Å². The van der Waals surface area contributed by atoms with Crippen molar-refractivity contribution in [3.05, 3.63) is 35.4 Å². The molecule has 0 radical (unpaired) electrons. The summed E-state index contributed by atoms with van der Waals surface area (Å²) in [7, 11) is 0. The van der Waals surface area contributed by atoms with Crippen LogP contribution in [0, 0.1) is 17.2 Å². The number of hydrogen-bond donors (Lipinski definition) is 1. The standard InChI is InChI=1S/C19H26N4O2/c1-15-13-23(14-18(15)22-7-9-25-10-8-22)19(24)21-6-5-16-3-2-4-17(11-16)12-20/h2-4,11,15,18H,5-10,13-14H2,1H3,(H,21,24). The van der Waals surface area contributed by atoms with E-state index in [2.05, 4.69) is 23.2 Å². The first-order valence-electron chi connectivity index (χ1n) is 9.01. The Labute approximate surface area is 149 Å². The molecule has 134 valence electrons. The van der Waals surface area contributed by atoms with Gasteiger partial charge in [0.1, 0.15) is 0 Å². The van der Waals surface area contributed by atoms with E-state index < -0.39 is 0 Å². The number of carbonyl (C=O) groups excluding carboxylic acids is 1. The first kappa shape index (κ1) is 17.7. The molecule has 6 heteroatoms. The van der Waals surface area contributed by atoms with Crippen LogP contribution in [-0.4, -0.2) is 67.8 Å². The molecule has 2 fully saturated rings. The molecule has 6 nitrogen and oxygen atoms in total. The Bertz CT molecular complexity index is 637. The molecular formula is C19H26N4O2. The van der Waals surface area contributed by atoms with Crippen molar-refractivity contribution in [1.29, 1.82) is 5.26 Å². The van der Waals surface area contributed by atoms with Crippen molar-refractivity contribution >= 4 is 6.03 Å². The van der Waals surface area contributed by atoms with Crippen molar-refractivity contribution in [3.8, 4) is 6.07 Å². The summed E-state index contributed by atoms with van der Waals surface area (Å²) in [5.74, 6) is 0.483. The van der Waals surface area contributed by atoms with E-state index in [1.54, 1.807) is 6.07 Å². The zero-order valence-corrected chi connectivity index (χ0v) is 14.8. The molecule has 1 aromatic carbocycles. The second-order valence-electron chi connectivity index (χ2n) is 6.89. The molecular weight excluding hydrogens is 316 g/mol. The van der Waals surface area contributed by atoms with E-state index in [4.69, 9.17) is 10.00 Å². The van der Waals surface area contributed by atoms with Gasteiger partial charge in [-0.3, -0.25) is 4.90 Å². The Morgan fingerprint density at radius 2 is 2.16 bits per heavy atom. The first-order chi connectivity index (χ1) is 12.2. The van der Waals surface area contributed by atoms with Crippen LogP contribution in [0.15, 0.2) is 24.3 Å². The molecule has 2 aliphatic heterocycles. The fraction of sp³-hybridized carbons (Fsp3) is 0.579. The summed E-state index contributed by atoms with van der Waals surface area (Å²) >= 11 is 0. The molecule has 3 rings (SSSR count). The smallest absolute Gasteiger partial charge is 0.317 e. The van der Waals surface area contributed by atoms with Gasteiger partial charge in [-0.1, -0.05) is 19.1 Å². The number of nitrogens with zero attached hydrogens (tertiary/aromatic N) is 3. The lowest BCUT2D eigenvalue weighted by molar-refractivity contribution is 0.0123. The van der Waals surface area contributed by atoms with Gasteiger partial charge in [0.15, 0.2) is 0 Å². The van der Waals surface area contributed by atoms with Gasteiger partial charge < -0.3 is 15.0 Å². The molecule has 2 amide bonds. The maximum absolute atomic E-state index is 12.5. The summed E-state index contributed by atoms with van der Waals surface area (Å²) in [6.07, 6.45) is 0.734. The van der Waals surface area contributed by atoms with Crippen LogP contribution in [0.1, 0.15) is 18.1 Å². The fourth-order valence-corrected chi connectivity index (χ4v) is 3.72. The van der Waals surface area contributed by atoms with Crippen LogP contribution in [-0.2, 0) is 11.2 Å². The molecule has 1 N–H and O–H groups in total. The van der Waals surface area contributed by atoms with Gasteiger partial charge in [-0.2, -0.15) is 5.26 Å². The topological polar surface area (TPSA) is 68.6 Å². The third kappa shape index (κ3) is 4.50. The van der Waals surface area contributed by atoms with Crippen LogP contribution in [0.3, 0.4) is 0 Å². The Morgan fingerprint density at radius 1 is 1.36 bits per heavy atom. The molecule has 2 atom stereocenters. The second-order valence-corrected chi connectivity index (χ2v) is 6.89. The van der Waals surface area contributed by atoms with Gasteiger partial charge in [0, 0.05) is 38.8 Å². The van der Waals surface area contributed by atoms with E-state index in [1.807, 2.05) is 23.1 Å². The van der Waals surface area contributed by atoms with Crippen molar-refractivity contribution in [2.45, 2.75) is 19.4 Å². The Balaban J connectivity index is 1.46. The summed E-state index contributed by atoms with van der Waals surface area (Å²) in [4.78, 5) is 16.8. The minimum Gasteiger partial charge on any atom is -0.379 e. The average Bonchev–Trinajstić information content (AvgIpc) is 3.04. The lowest BCUT2D eigenvalue weighted by Gasteiger charge is -2.33. The Hall–Kier alpha value is -2.10. The number of amides is 2. The summed E-state index contributed by atoms with van der Waals surface area (Å²) in [5.41, 5.74) is 1.73. The van der Waals surface area contributed by atoms with Gasteiger partial charge in [0.05, 0.1) is 24.8 Å². The van der Waals surface area contributed by atoms with E-state index in [0.29, 0.717) is 24.1 Å². The van der Waals surface area contributed by atoms with Crippen molar-refractivity contribution in [1.82, 2.24) is 15.1 Å². The van der Waals surface area contributed by atoms with Crippen LogP contribution in [0.25, 0.3) is 0 Å². The molecule has 2 saturated heterocycles. The average molecular weight is 342 g/mol.